The minimum Gasteiger partial charge on any atom is -0.384 e. The Morgan fingerprint density at radius 3 is 2.73 bits per heavy atom. The van der Waals surface area contributed by atoms with Crippen LogP contribution in [0.25, 0.3) is 0 Å². The van der Waals surface area contributed by atoms with E-state index >= 15 is 0 Å². The third kappa shape index (κ3) is 1.43. The normalized spacial score (nSPS) is 9.55. The second-order valence-electron chi connectivity index (χ2n) is 2.00. The molecule has 0 atom stereocenters. The number of nitrogens with zero attached hydrogens (tertiary/aromatic N) is 1. The molecule has 0 aliphatic heterocycles. The smallest absolute Gasteiger partial charge is 0.142 e. The van der Waals surface area contributed by atoms with Crippen LogP contribution in [-0.2, 0) is 0 Å². The van der Waals surface area contributed by atoms with Gasteiger partial charge in [-0.1, -0.05) is 0 Å². The number of rotatable bonds is 1. The molecule has 4 nitrogen and oxygen atoms in total. The molecule has 1 aromatic heterocycles. The number of nitrogen functional groups attached to an aromatic ring is 2. The molecule has 5 heteroatoms. The molecule has 0 radical (unpaired) electrons. The lowest BCUT2D eigenvalue weighted by molar-refractivity contribution is 0.621. The Bertz CT molecular complexity index is 297. The zero-order valence-electron chi connectivity index (χ0n) is 5.63. The number of hydrogen-bond donors (Lipinski definition) is 3. The van der Waals surface area contributed by atoms with Crippen LogP contribution >= 0.6 is 0 Å². The van der Waals surface area contributed by atoms with E-state index in [1.807, 2.05) is 0 Å². The highest BCUT2D eigenvalue weighted by molar-refractivity contribution is 5.98. The van der Waals surface area contributed by atoms with E-state index in [9.17, 15) is 4.39 Å². The second-order valence-corrected chi connectivity index (χ2v) is 2.00. The quantitative estimate of drug-likeness (QED) is 0.395. The van der Waals surface area contributed by atoms with Crippen LogP contribution in [0.15, 0.2) is 12.3 Å². The molecule has 0 bridgehead atoms. The van der Waals surface area contributed by atoms with Crippen molar-refractivity contribution in [3.05, 3.63) is 23.6 Å². The minimum atomic E-state index is -0.551. The summed E-state index contributed by atoms with van der Waals surface area (Å²) in [5.41, 5.74) is 10.5. The van der Waals surface area contributed by atoms with Gasteiger partial charge in [0.25, 0.3) is 0 Å². The Hall–Kier alpha value is -1.65. The average molecular weight is 154 g/mol. The largest absolute Gasteiger partial charge is 0.384 e. The molecular formula is C6H7FN4. The van der Waals surface area contributed by atoms with Crippen LogP contribution in [0.5, 0.6) is 0 Å². The zero-order chi connectivity index (χ0) is 8.43. The summed E-state index contributed by atoms with van der Waals surface area (Å²) in [7, 11) is 0. The number of hydrogen-bond acceptors (Lipinski definition) is 3. The number of pyridine rings is 1. The lowest BCUT2D eigenvalue weighted by Gasteiger charge is -2.00. The number of halogens is 1. The van der Waals surface area contributed by atoms with Crippen LogP contribution in [0.3, 0.4) is 0 Å². The summed E-state index contributed by atoms with van der Waals surface area (Å²) >= 11 is 0. The summed E-state index contributed by atoms with van der Waals surface area (Å²) in [6.45, 7) is 0. The maximum absolute atomic E-state index is 12.4. The SMILES string of the molecule is N=C(N)c1cc(F)cnc1N. The molecule has 0 amide bonds. The fourth-order valence-electron chi connectivity index (χ4n) is 0.666. The van der Waals surface area contributed by atoms with Crippen LogP contribution in [0.4, 0.5) is 10.2 Å². The zero-order valence-corrected chi connectivity index (χ0v) is 5.63. The van der Waals surface area contributed by atoms with Gasteiger partial charge in [-0.25, -0.2) is 9.37 Å². The first-order valence-electron chi connectivity index (χ1n) is 2.86. The molecule has 0 unspecified atom stereocenters. The van der Waals surface area contributed by atoms with Crippen molar-refractivity contribution in [3.8, 4) is 0 Å². The van der Waals surface area contributed by atoms with E-state index in [4.69, 9.17) is 16.9 Å². The first-order chi connectivity index (χ1) is 5.11. The molecule has 0 aliphatic rings. The van der Waals surface area contributed by atoms with Gasteiger partial charge in [0.15, 0.2) is 0 Å². The molecule has 0 spiro atoms. The van der Waals surface area contributed by atoms with Crippen molar-refractivity contribution in [1.29, 1.82) is 5.41 Å². The third-order valence-electron chi connectivity index (χ3n) is 1.18. The number of amidine groups is 1. The molecule has 0 aromatic carbocycles. The van der Waals surface area contributed by atoms with Gasteiger partial charge in [-0.3, -0.25) is 5.41 Å². The Kier molecular flexibility index (Phi) is 1.72. The standard InChI is InChI=1S/C6H7FN4/c7-3-1-4(5(8)9)6(10)11-2-3/h1-2H,(H3,8,9)(H2,10,11). The number of nitrogens with one attached hydrogen (secondary N) is 1. The van der Waals surface area contributed by atoms with Crippen molar-refractivity contribution in [1.82, 2.24) is 4.98 Å². The van der Waals surface area contributed by atoms with Gasteiger partial charge >= 0.3 is 0 Å². The Labute approximate surface area is 62.5 Å². The van der Waals surface area contributed by atoms with Gasteiger partial charge in [0.05, 0.1) is 11.8 Å². The topological polar surface area (TPSA) is 88.8 Å². The van der Waals surface area contributed by atoms with Crippen LogP contribution in [-0.4, -0.2) is 10.8 Å². The van der Waals surface area contributed by atoms with Crippen LogP contribution in [0.2, 0.25) is 0 Å². The number of nitrogens with two attached hydrogens (primary N) is 2. The molecule has 5 N–H and O–H groups in total. The van der Waals surface area contributed by atoms with Gasteiger partial charge in [-0.15, -0.1) is 0 Å². The average Bonchev–Trinajstić information content (AvgIpc) is 1.94. The highest BCUT2D eigenvalue weighted by atomic mass is 19.1. The molecule has 58 valence electrons. The van der Waals surface area contributed by atoms with E-state index in [0.717, 1.165) is 12.3 Å². The lowest BCUT2D eigenvalue weighted by Crippen LogP contribution is -2.14. The first-order valence-corrected chi connectivity index (χ1v) is 2.86. The highest BCUT2D eigenvalue weighted by Gasteiger charge is 2.03. The number of aromatic nitrogens is 1. The lowest BCUT2D eigenvalue weighted by atomic mass is 10.2. The van der Waals surface area contributed by atoms with Crippen molar-refractivity contribution in [3.63, 3.8) is 0 Å². The predicted octanol–water partition coefficient (Wildman–Crippen LogP) is 0.0870. The van der Waals surface area contributed by atoms with Crippen LogP contribution < -0.4 is 11.5 Å². The van der Waals surface area contributed by atoms with Crippen molar-refractivity contribution < 1.29 is 4.39 Å². The molecule has 1 rings (SSSR count). The number of anilines is 1. The Balaban J connectivity index is 3.23. The van der Waals surface area contributed by atoms with E-state index < -0.39 is 5.82 Å². The first kappa shape index (κ1) is 7.46. The van der Waals surface area contributed by atoms with E-state index in [-0.39, 0.29) is 17.2 Å². The molecule has 0 aliphatic carbocycles. The molecule has 0 saturated heterocycles. The van der Waals surface area contributed by atoms with E-state index in [1.54, 1.807) is 0 Å². The van der Waals surface area contributed by atoms with Crippen molar-refractivity contribution in [2.45, 2.75) is 0 Å². The predicted molar refractivity (Wildman–Crippen MR) is 39.6 cm³/mol. The van der Waals surface area contributed by atoms with Crippen molar-refractivity contribution >= 4 is 11.7 Å². The fourth-order valence-corrected chi connectivity index (χ4v) is 0.666. The molecule has 0 saturated carbocycles. The summed E-state index contributed by atoms with van der Waals surface area (Å²) in [4.78, 5) is 3.48. The van der Waals surface area contributed by atoms with Gasteiger partial charge in [0.2, 0.25) is 0 Å². The molecule has 1 heterocycles. The van der Waals surface area contributed by atoms with E-state index in [0.29, 0.717) is 0 Å². The Morgan fingerprint density at radius 2 is 2.27 bits per heavy atom. The summed E-state index contributed by atoms with van der Waals surface area (Å²) in [6, 6.07) is 1.07. The summed E-state index contributed by atoms with van der Waals surface area (Å²) in [5.74, 6) is -0.766. The summed E-state index contributed by atoms with van der Waals surface area (Å²) in [5, 5.41) is 6.96. The van der Waals surface area contributed by atoms with E-state index in [2.05, 4.69) is 4.98 Å². The second kappa shape index (κ2) is 2.53. The Morgan fingerprint density at radius 1 is 1.64 bits per heavy atom. The maximum Gasteiger partial charge on any atom is 0.142 e. The van der Waals surface area contributed by atoms with Crippen molar-refractivity contribution in [2.75, 3.05) is 5.73 Å². The summed E-state index contributed by atoms with van der Waals surface area (Å²) in [6.07, 6.45) is 0.974. The highest BCUT2D eigenvalue weighted by Crippen LogP contribution is 2.07. The molecule has 1 aromatic rings. The van der Waals surface area contributed by atoms with E-state index in [1.165, 1.54) is 0 Å². The summed E-state index contributed by atoms with van der Waals surface area (Å²) < 4.78 is 12.4. The van der Waals surface area contributed by atoms with Crippen LogP contribution in [0, 0.1) is 11.2 Å². The molecular weight excluding hydrogens is 147 g/mol. The maximum atomic E-state index is 12.4. The van der Waals surface area contributed by atoms with Gasteiger partial charge in [-0.2, -0.15) is 0 Å². The van der Waals surface area contributed by atoms with Crippen LogP contribution in [0.1, 0.15) is 5.56 Å². The van der Waals surface area contributed by atoms with Gasteiger partial charge in [0, 0.05) is 0 Å². The monoisotopic (exact) mass is 154 g/mol. The third-order valence-corrected chi connectivity index (χ3v) is 1.18. The molecule has 0 fully saturated rings. The van der Waals surface area contributed by atoms with Gasteiger partial charge < -0.3 is 11.5 Å². The minimum absolute atomic E-state index is 0.0684. The molecule has 11 heavy (non-hydrogen) atoms. The fraction of sp³-hybridized carbons (Fsp3) is 0. The van der Waals surface area contributed by atoms with Gasteiger partial charge in [-0.05, 0) is 6.07 Å². The van der Waals surface area contributed by atoms with Gasteiger partial charge in [0.1, 0.15) is 17.5 Å². The van der Waals surface area contributed by atoms with Crippen molar-refractivity contribution in [2.24, 2.45) is 5.73 Å².